The number of hydrogen-bond acceptors (Lipinski definition) is 6. The number of amides is 2. The van der Waals surface area contributed by atoms with E-state index < -0.39 is 23.2 Å². The van der Waals surface area contributed by atoms with Crippen LogP contribution < -0.4 is 5.32 Å². The molecule has 11 heteroatoms. The molecule has 1 saturated carbocycles. The lowest BCUT2D eigenvalue weighted by Gasteiger charge is -2.38. The Morgan fingerprint density at radius 3 is 2.52 bits per heavy atom. The van der Waals surface area contributed by atoms with Gasteiger partial charge < -0.3 is 25.0 Å². The first-order valence-electron chi connectivity index (χ1n) is 11.2. The highest BCUT2D eigenvalue weighted by atomic mass is 19.1. The molecule has 0 bridgehead atoms. The Labute approximate surface area is 191 Å². The Bertz CT molecular complexity index is 831. The van der Waals surface area contributed by atoms with Gasteiger partial charge in [-0.1, -0.05) is 0 Å². The summed E-state index contributed by atoms with van der Waals surface area (Å²) in [5.74, 6) is -1.24. The van der Waals surface area contributed by atoms with Crippen LogP contribution in [0.2, 0.25) is 0 Å². The lowest BCUT2D eigenvalue weighted by atomic mass is 9.95. The minimum absolute atomic E-state index is 0.0236. The summed E-state index contributed by atoms with van der Waals surface area (Å²) in [5.41, 5.74) is -0.460. The Morgan fingerprint density at radius 2 is 1.88 bits per heavy atom. The van der Waals surface area contributed by atoms with Crippen molar-refractivity contribution >= 4 is 18.3 Å². The Hall–Kier alpha value is -2.66. The van der Waals surface area contributed by atoms with Crippen LogP contribution in [0.15, 0.2) is 12.3 Å². The largest absolute Gasteiger partial charge is 0.483 e. The van der Waals surface area contributed by atoms with Crippen LogP contribution >= 0.6 is 0 Å². The number of halogens is 2. The molecule has 3 heterocycles. The van der Waals surface area contributed by atoms with Gasteiger partial charge in [0.2, 0.25) is 5.91 Å². The van der Waals surface area contributed by atoms with Crippen molar-refractivity contribution in [3.8, 4) is 0 Å². The molecule has 2 amide bonds. The molecule has 4 rings (SSSR count). The lowest BCUT2D eigenvalue weighted by Crippen LogP contribution is -2.52. The average Bonchev–Trinajstić information content (AvgIpc) is 3.60. The van der Waals surface area contributed by atoms with Crippen LogP contribution in [-0.4, -0.2) is 90.2 Å². The molecule has 1 aliphatic carbocycles. The van der Waals surface area contributed by atoms with Gasteiger partial charge >= 0.3 is 0 Å². The highest BCUT2D eigenvalue weighted by molar-refractivity contribution is 5.92. The van der Waals surface area contributed by atoms with Crippen molar-refractivity contribution in [2.45, 2.75) is 31.8 Å². The number of rotatable bonds is 7. The van der Waals surface area contributed by atoms with Gasteiger partial charge in [-0.25, -0.2) is 13.8 Å². The quantitative estimate of drug-likeness (QED) is 0.577. The van der Waals surface area contributed by atoms with Gasteiger partial charge in [0.05, 0.1) is 12.3 Å². The number of carbonyl (C=O) groups excluding carboxylic acids is 2. The van der Waals surface area contributed by atoms with E-state index in [0.717, 1.165) is 38.0 Å². The van der Waals surface area contributed by atoms with Crippen LogP contribution in [-0.2, 0) is 14.3 Å². The van der Waals surface area contributed by atoms with Gasteiger partial charge in [-0.15, -0.1) is 0 Å². The summed E-state index contributed by atoms with van der Waals surface area (Å²) in [4.78, 5) is 40.6. The third-order valence-corrected chi connectivity index (χ3v) is 6.13. The number of morpholine rings is 1. The van der Waals surface area contributed by atoms with Crippen LogP contribution in [0.5, 0.6) is 0 Å². The molecule has 2 N–H and O–H groups in total. The molecule has 182 valence electrons. The normalized spacial score (nSPS) is 21.8. The first kappa shape index (κ1) is 25.0. The zero-order valence-electron chi connectivity index (χ0n) is 18.4. The first-order chi connectivity index (χ1) is 15.9. The summed E-state index contributed by atoms with van der Waals surface area (Å²) in [6.07, 6.45) is 5.34. The Balaban J connectivity index is 0.000000968. The summed E-state index contributed by atoms with van der Waals surface area (Å²) in [6.45, 7) is 4.35. The van der Waals surface area contributed by atoms with Gasteiger partial charge in [0, 0.05) is 32.2 Å². The van der Waals surface area contributed by atoms with Crippen LogP contribution in [0.1, 0.15) is 36.2 Å². The summed E-state index contributed by atoms with van der Waals surface area (Å²) in [5, 5.41) is 9.45. The van der Waals surface area contributed by atoms with Gasteiger partial charge in [-0.05, 0) is 50.6 Å². The number of nitrogens with one attached hydrogen (secondary N) is 1. The highest BCUT2D eigenvalue weighted by Gasteiger charge is 2.31. The van der Waals surface area contributed by atoms with Crippen LogP contribution in [0.25, 0.3) is 0 Å². The van der Waals surface area contributed by atoms with Crippen molar-refractivity contribution in [2.24, 2.45) is 11.8 Å². The summed E-state index contributed by atoms with van der Waals surface area (Å²) in [6, 6.07) is 0.620. The molecule has 1 aromatic rings. The fourth-order valence-corrected chi connectivity index (χ4v) is 4.18. The van der Waals surface area contributed by atoms with E-state index in [1.165, 1.54) is 19.4 Å². The average molecular weight is 469 g/mol. The predicted octanol–water partition coefficient (Wildman–Crippen LogP) is 1.14. The van der Waals surface area contributed by atoms with Gasteiger partial charge in [-0.3, -0.25) is 14.4 Å². The third-order valence-electron chi connectivity index (χ3n) is 6.13. The molecule has 1 unspecified atom stereocenters. The summed E-state index contributed by atoms with van der Waals surface area (Å²) in [7, 11) is 0. The molecule has 2 aliphatic heterocycles. The van der Waals surface area contributed by atoms with E-state index >= 15 is 0 Å². The fraction of sp³-hybridized carbons (Fsp3) is 0.636. The second-order valence-electron chi connectivity index (χ2n) is 8.72. The van der Waals surface area contributed by atoms with Crippen molar-refractivity contribution in [1.29, 1.82) is 0 Å². The molecular formula is C22H30F2N4O5. The van der Waals surface area contributed by atoms with E-state index in [1.54, 1.807) is 0 Å². The molecular weight excluding hydrogens is 438 g/mol. The second kappa shape index (κ2) is 12.0. The number of carboxylic acid groups (broad SMARTS) is 1. The number of aromatic nitrogens is 1. The number of nitrogens with zero attached hydrogens (tertiary/aromatic N) is 3. The number of hydrogen-bond donors (Lipinski definition) is 2. The maximum absolute atomic E-state index is 13.7. The fourth-order valence-electron chi connectivity index (χ4n) is 4.18. The number of likely N-dealkylation sites (tertiary alicyclic amines) is 1. The standard InChI is InChI=1S/C21H28F2N4O3.CH2O2/c22-16-7-18(23)20(24-8-16)21(29)25-9-17-12-27(19(28)13-30-17)11-15-3-5-26(6-4-15)10-14-1-2-14;2-1-3/h7-8,14-15,17H,1-6,9-13H2,(H,25,29);1H,(H,2,3). The topological polar surface area (TPSA) is 112 Å². The van der Waals surface area contributed by atoms with E-state index in [9.17, 15) is 18.4 Å². The molecule has 33 heavy (non-hydrogen) atoms. The predicted molar refractivity (Wildman–Crippen MR) is 113 cm³/mol. The Kier molecular flexibility index (Phi) is 9.07. The van der Waals surface area contributed by atoms with Gasteiger partial charge in [-0.2, -0.15) is 0 Å². The monoisotopic (exact) mass is 468 g/mol. The van der Waals surface area contributed by atoms with Crippen molar-refractivity contribution in [1.82, 2.24) is 20.1 Å². The van der Waals surface area contributed by atoms with Crippen molar-refractivity contribution < 1.29 is 33.0 Å². The van der Waals surface area contributed by atoms with E-state index in [0.29, 0.717) is 25.1 Å². The van der Waals surface area contributed by atoms with Gasteiger partial charge in [0.1, 0.15) is 12.4 Å². The molecule has 2 saturated heterocycles. The number of pyridine rings is 1. The van der Waals surface area contributed by atoms with E-state index in [-0.39, 0.29) is 31.6 Å². The molecule has 0 spiro atoms. The van der Waals surface area contributed by atoms with Crippen LogP contribution in [0.3, 0.4) is 0 Å². The molecule has 3 aliphatic rings. The zero-order chi connectivity index (χ0) is 23.8. The minimum Gasteiger partial charge on any atom is -0.483 e. The van der Waals surface area contributed by atoms with E-state index in [4.69, 9.17) is 14.6 Å². The van der Waals surface area contributed by atoms with Crippen molar-refractivity contribution in [3.05, 3.63) is 29.6 Å². The van der Waals surface area contributed by atoms with Crippen LogP contribution in [0, 0.1) is 23.5 Å². The summed E-state index contributed by atoms with van der Waals surface area (Å²) < 4.78 is 32.2. The van der Waals surface area contributed by atoms with E-state index in [1.807, 2.05) is 4.90 Å². The maximum Gasteiger partial charge on any atom is 0.290 e. The van der Waals surface area contributed by atoms with Crippen molar-refractivity contribution in [2.75, 3.05) is 45.9 Å². The van der Waals surface area contributed by atoms with Crippen molar-refractivity contribution in [3.63, 3.8) is 0 Å². The maximum atomic E-state index is 13.7. The molecule has 0 radical (unpaired) electrons. The van der Waals surface area contributed by atoms with Gasteiger partial charge in [0.15, 0.2) is 11.5 Å². The molecule has 1 aromatic heterocycles. The minimum atomic E-state index is -1.01. The summed E-state index contributed by atoms with van der Waals surface area (Å²) >= 11 is 0. The van der Waals surface area contributed by atoms with Crippen LogP contribution in [0.4, 0.5) is 8.78 Å². The second-order valence-corrected chi connectivity index (χ2v) is 8.72. The van der Waals surface area contributed by atoms with Gasteiger partial charge in [0.25, 0.3) is 12.4 Å². The molecule has 1 atom stereocenters. The first-order valence-corrected chi connectivity index (χ1v) is 11.2. The number of piperidine rings is 1. The molecule has 3 fully saturated rings. The molecule has 0 aromatic carbocycles. The SMILES string of the molecule is O=C(NCC1CN(CC2CCN(CC3CC3)CC2)C(=O)CO1)c1ncc(F)cc1F.O=CO. The highest BCUT2D eigenvalue weighted by Crippen LogP contribution is 2.31. The zero-order valence-corrected chi connectivity index (χ0v) is 18.4. The molecule has 9 nitrogen and oxygen atoms in total. The third kappa shape index (κ3) is 7.71. The number of carbonyl (C=O) groups is 3. The Morgan fingerprint density at radius 1 is 1.21 bits per heavy atom. The van der Waals surface area contributed by atoms with E-state index in [2.05, 4.69) is 15.2 Å². The number of ether oxygens (including phenoxy) is 1. The lowest BCUT2D eigenvalue weighted by molar-refractivity contribution is -0.149. The smallest absolute Gasteiger partial charge is 0.290 e.